The second-order valence-electron chi connectivity index (χ2n) is 5.91. The van der Waals surface area contributed by atoms with Crippen molar-refractivity contribution in [2.75, 3.05) is 0 Å². The highest BCUT2D eigenvalue weighted by Gasteiger charge is 2.14. The van der Waals surface area contributed by atoms with Gasteiger partial charge in [-0.05, 0) is 36.5 Å². The Kier molecular flexibility index (Phi) is 7.01. The molecule has 6 heteroatoms. The Morgan fingerprint density at radius 1 is 1.04 bits per heavy atom. The van der Waals surface area contributed by atoms with Crippen LogP contribution in [0.1, 0.15) is 30.4 Å². The van der Waals surface area contributed by atoms with Crippen LogP contribution in [0.5, 0.6) is 0 Å². The zero-order valence-electron chi connectivity index (χ0n) is 13.6. The first-order valence-electron chi connectivity index (χ1n) is 8.08. The highest BCUT2D eigenvalue weighted by Crippen LogP contribution is 2.17. The van der Waals surface area contributed by atoms with Crippen molar-refractivity contribution in [3.63, 3.8) is 0 Å². The molecule has 25 heavy (non-hydrogen) atoms. The van der Waals surface area contributed by atoms with Crippen LogP contribution in [0.2, 0.25) is 0 Å². The Hall–Kier alpha value is -2.34. The molecule has 1 unspecified atom stereocenters. The van der Waals surface area contributed by atoms with Crippen molar-refractivity contribution < 1.29 is 23.1 Å². The van der Waals surface area contributed by atoms with E-state index in [1.54, 1.807) is 0 Å². The van der Waals surface area contributed by atoms with Crippen LogP contribution in [0.25, 0.3) is 0 Å². The lowest BCUT2D eigenvalue weighted by Crippen LogP contribution is -2.31. The molecule has 3 nitrogen and oxygen atoms in total. The zero-order chi connectivity index (χ0) is 18.2. The van der Waals surface area contributed by atoms with Gasteiger partial charge in [0.2, 0.25) is 0 Å². The molecule has 0 fully saturated rings. The number of aryl methyl sites for hydroxylation is 1. The summed E-state index contributed by atoms with van der Waals surface area (Å²) in [4.78, 5) is 11.0. The molecule has 134 valence electrons. The monoisotopic (exact) mass is 351 g/mol. The van der Waals surface area contributed by atoms with Crippen molar-refractivity contribution in [2.24, 2.45) is 0 Å². The molecule has 2 aromatic rings. The maximum Gasteiger partial charge on any atom is 0.304 e. The number of benzene rings is 2. The van der Waals surface area contributed by atoms with Crippen LogP contribution in [-0.4, -0.2) is 17.1 Å². The third kappa shape index (κ3) is 6.23. The summed E-state index contributed by atoms with van der Waals surface area (Å²) in [5.41, 5.74) is 1.13. The molecule has 0 aliphatic rings. The first kappa shape index (κ1) is 19.0. The van der Waals surface area contributed by atoms with Crippen LogP contribution in [-0.2, 0) is 17.8 Å². The van der Waals surface area contributed by atoms with E-state index in [0.29, 0.717) is 25.5 Å². The van der Waals surface area contributed by atoms with Gasteiger partial charge in [-0.1, -0.05) is 30.3 Å². The topological polar surface area (TPSA) is 49.3 Å². The second kappa shape index (κ2) is 9.22. The Labute approximate surface area is 144 Å². The maximum absolute atomic E-state index is 13.6. The lowest BCUT2D eigenvalue weighted by atomic mass is 10.0. The predicted molar refractivity (Wildman–Crippen MR) is 88.6 cm³/mol. The smallest absolute Gasteiger partial charge is 0.304 e. The van der Waals surface area contributed by atoms with Crippen LogP contribution < -0.4 is 5.32 Å². The number of aliphatic carboxylic acids is 1. The minimum Gasteiger partial charge on any atom is -0.481 e. The van der Waals surface area contributed by atoms with Crippen molar-refractivity contribution in [1.29, 1.82) is 0 Å². The third-order valence-electron chi connectivity index (χ3n) is 3.95. The van der Waals surface area contributed by atoms with Gasteiger partial charge in [-0.15, -0.1) is 0 Å². The summed E-state index contributed by atoms with van der Waals surface area (Å²) in [5.74, 6) is -4.01. The number of nitrogens with one attached hydrogen (secondary N) is 1. The summed E-state index contributed by atoms with van der Waals surface area (Å²) in [5, 5.41) is 12.2. The summed E-state index contributed by atoms with van der Waals surface area (Å²) in [7, 11) is 0. The van der Waals surface area contributed by atoms with Gasteiger partial charge in [0.15, 0.2) is 11.6 Å². The van der Waals surface area contributed by atoms with Crippen molar-refractivity contribution in [3.8, 4) is 0 Å². The lowest BCUT2D eigenvalue weighted by molar-refractivity contribution is -0.137. The number of halogens is 3. The average Bonchev–Trinajstić information content (AvgIpc) is 2.57. The van der Waals surface area contributed by atoms with Crippen LogP contribution >= 0.6 is 0 Å². The molecule has 0 saturated carbocycles. The van der Waals surface area contributed by atoms with Gasteiger partial charge in [0, 0.05) is 18.7 Å². The molecule has 2 rings (SSSR count). The highest BCUT2D eigenvalue weighted by molar-refractivity contribution is 5.67. The maximum atomic E-state index is 13.6. The molecule has 2 N–H and O–H groups in total. The molecule has 0 aliphatic heterocycles. The number of hydrogen-bond acceptors (Lipinski definition) is 2. The minimum absolute atomic E-state index is 0.0624. The van der Waals surface area contributed by atoms with E-state index < -0.39 is 23.4 Å². The molecule has 0 aliphatic carbocycles. The zero-order valence-corrected chi connectivity index (χ0v) is 13.6. The van der Waals surface area contributed by atoms with Gasteiger partial charge in [0.05, 0.1) is 6.42 Å². The van der Waals surface area contributed by atoms with E-state index in [4.69, 9.17) is 5.11 Å². The summed E-state index contributed by atoms with van der Waals surface area (Å²) >= 11 is 0. The average molecular weight is 351 g/mol. The fourth-order valence-corrected chi connectivity index (χ4v) is 2.64. The van der Waals surface area contributed by atoms with Crippen LogP contribution in [0.3, 0.4) is 0 Å². The summed E-state index contributed by atoms with van der Waals surface area (Å²) in [6.07, 6.45) is 1.10. The van der Waals surface area contributed by atoms with Crippen molar-refractivity contribution in [2.45, 2.75) is 38.3 Å². The van der Waals surface area contributed by atoms with Gasteiger partial charge in [-0.3, -0.25) is 4.79 Å². The standard InChI is InChI=1S/C19H20F3NO2/c20-16-11-18(22)17(21)9-14(16)7-4-8-15(10-19(24)25)23-12-13-5-2-1-3-6-13/h1-3,5-6,9,11,15,23H,4,7-8,10,12H2,(H,24,25). The normalized spacial score (nSPS) is 12.1. The Morgan fingerprint density at radius 3 is 2.40 bits per heavy atom. The number of rotatable bonds is 9. The third-order valence-corrected chi connectivity index (χ3v) is 3.95. The van der Waals surface area contributed by atoms with Crippen molar-refractivity contribution in [3.05, 3.63) is 71.0 Å². The summed E-state index contributed by atoms with van der Waals surface area (Å²) in [6, 6.07) is 10.7. The number of carboxylic acid groups (broad SMARTS) is 1. The van der Waals surface area contributed by atoms with Gasteiger partial charge in [0.1, 0.15) is 5.82 Å². The van der Waals surface area contributed by atoms with E-state index in [-0.39, 0.29) is 24.4 Å². The Morgan fingerprint density at radius 2 is 1.72 bits per heavy atom. The molecule has 0 saturated heterocycles. The van der Waals surface area contributed by atoms with Gasteiger partial charge in [-0.2, -0.15) is 0 Å². The number of carbonyl (C=O) groups is 1. The van der Waals surface area contributed by atoms with E-state index in [1.165, 1.54) is 0 Å². The van der Waals surface area contributed by atoms with Gasteiger partial charge in [-0.25, -0.2) is 13.2 Å². The molecule has 0 spiro atoms. The van der Waals surface area contributed by atoms with E-state index in [0.717, 1.165) is 11.6 Å². The summed E-state index contributed by atoms with van der Waals surface area (Å²) < 4.78 is 39.7. The lowest BCUT2D eigenvalue weighted by Gasteiger charge is -2.17. The number of carboxylic acids is 1. The predicted octanol–water partition coefficient (Wildman–Crippen LogP) is 4.06. The molecule has 1 atom stereocenters. The quantitative estimate of drug-likeness (QED) is 0.670. The largest absolute Gasteiger partial charge is 0.481 e. The fraction of sp³-hybridized carbons (Fsp3) is 0.316. The Balaban J connectivity index is 1.89. The molecule has 0 heterocycles. The first-order chi connectivity index (χ1) is 12.0. The van der Waals surface area contributed by atoms with E-state index in [1.807, 2.05) is 30.3 Å². The van der Waals surface area contributed by atoms with E-state index in [2.05, 4.69) is 5.32 Å². The van der Waals surface area contributed by atoms with E-state index in [9.17, 15) is 18.0 Å². The molecule has 0 aromatic heterocycles. The summed E-state index contributed by atoms with van der Waals surface area (Å²) in [6.45, 7) is 0.526. The highest BCUT2D eigenvalue weighted by atomic mass is 19.2. The van der Waals surface area contributed by atoms with Gasteiger partial charge >= 0.3 is 5.97 Å². The molecule has 0 radical (unpaired) electrons. The molecular formula is C19H20F3NO2. The minimum atomic E-state index is -1.21. The second-order valence-corrected chi connectivity index (χ2v) is 5.91. The molecular weight excluding hydrogens is 331 g/mol. The SMILES string of the molecule is O=C(O)CC(CCCc1cc(F)c(F)cc1F)NCc1ccccc1. The first-order valence-corrected chi connectivity index (χ1v) is 8.08. The van der Waals surface area contributed by atoms with Crippen LogP contribution in [0.15, 0.2) is 42.5 Å². The van der Waals surface area contributed by atoms with Crippen molar-refractivity contribution in [1.82, 2.24) is 5.32 Å². The van der Waals surface area contributed by atoms with Crippen LogP contribution in [0, 0.1) is 17.5 Å². The molecule has 0 bridgehead atoms. The Bertz CT molecular complexity index is 707. The molecule has 0 amide bonds. The van der Waals surface area contributed by atoms with E-state index >= 15 is 0 Å². The van der Waals surface area contributed by atoms with Crippen molar-refractivity contribution >= 4 is 5.97 Å². The molecule has 2 aromatic carbocycles. The number of hydrogen-bond donors (Lipinski definition) is 2. The van der Waals surface area contributed by atoms with Gasteiger partial charge in [0.25, 0.3) is 0 Å². The van der Waals surface area contributed by atoms with Gasteiger partial charge < -0.3 is 10.4 Å². The van der Waals surface area contributed by atoms with Crippen LogP contribution in [0.4, 0.5) is 13.2 Å². The fourth-order valence-electron chi connectivity index (χ4n) is 2.64.